The van der Waals surface area contributed by atoms with Gasteiger partial charge in [-0.1, -0.05) is 35.4 Å². The van der Waals surface area contributed by atoms with Crippen LogP contribution in [0.2, 0.25) is 0 Å². The van der Waals surface area contributed by atoms with Crippen molar-refractivity contribution in [1.82, 2.24) is 35.4 Å². The van der Waals surface area contributed by atoms with Crippen LogP contribution in [0.5, 0.6) is 0 Å². The molecule has 0 aliphatic heterocycles. The number of aromatic amines is 2. The summed E-state index contributed by atoms with van der Waals surface area (Å²) in [7, 11) is 0. The zero-order valence-electron chi connectivity index (χ0n) is 11.4. The Kier molecular flexibility index (Phi) is 2.78. The van der Waals surface area contributed by atoms with E-state index in [1.165, 1.54) is 4.68 Å². The molecular weight excluding hydrogens is 282 g/mol. The molecule has 108 valence electrons. The average molecular weight is 293 g/mol. The Labute approximate surface area is 123 Å². The standard InChI is InChI=1S/C14H11N7O/c22-13-11-7-10(6-9-4-2-1-3-5-9)8-15-12(11)18-21(13)14-16-19-20-17-14/h1-5,7-8H,6H2,(H,15,18)(H,16,17,19,20). The Morgan fingerprint density at radius 1 is 1.14 bits per heavy atom. The molecule has 0 atom stereocenters. The lowest BCUT2D eigenvalue weighted by molar-refractivity contribution is 0.794. The van der Waals surface area contributed by atoms with Gasteiger partial charge < -0.3 is 0 Å². The highest BCUT2D eigenvalue weighted by molar-refractivity contribution is 5.74. The number of nitrogens with zero attached hydrogens (tertiary/aromatic N) is 5. The van der Waals surface area contributed by atoms with Gasteiger partial charge in [0.05, 0.1) is 5.39 Å². The summed E-state index contributed by atoms with van der Waals surface area (Å²) in [5.41, 5.74) is 2.37. The summed E-state index contributed by atoms with van der Waals surface area (Å²) in [4.78, 5) is 16.7. The Bertz CT molecular complexity index is 970. The molecule has 4 rings (SSSR count). The second-order valence-corrected chi connectivity index (χ2v) is 4.87. The predicted octanol–water partition coefficient (Wildman–Crippen LogP) is 0.818. The van der Waals surface area contributed by atoms with Gasteiger partial charge in [-0.05, 0) is 28.8 Å². The van der Waals surface area contributed by atoms with Gasteiger partial charge in [-0.2, -0.15) is 9.90 Å². The maximum Gasteiger partial charge on any atom is 0.291 e. The summed E-state index contributed by atoms with van der Waals surface area (Å²) in [6.07, 6.45) is 2.47. The van der Waals surface area contributed by atoms with Crippen molar-refractivity contribution < 1.29 is 0 Å². The van der Waals surface area contributed by atoms with Gasteiger partial charge in [-0.15, -0.1) is 5.10 Å². The summed E-state index contributed by atoms with van der Waals surface area (Å²) in [6, 6.07) is 11.9. The lowest BCUT2D eigenvalue weighted by atomic mass is 10.1. The summed E-state index contributed by atoms with van der Waals surface area (Å²) in [5, 5.41) is 16.7. The van der Waals surface area contributed by atoms with Gasteiger partial charge in [0.1, 0.15) is 0 Å². The fourth-order valence-electron chi connectivity index (χ4n) is 2.36. The third kappa shape index (κ3) is 2.06. The van der Waals surface area contributed by atoms with Crippen molar-refractivity contribution in [3.63, 3.8) is 0 Å². The lowest BCUT2D eigenvalue weighted by Crippen LogP contribution is -2.15. The number of fused-ring (bicyclic) bond motifs is 1. The summed E-state index contributed by atoms with van der Waals surface area (Å²) < 4.78 is 1.22. The van der Waals surface area contributed by atoms with Gasteiger partial charge in [0, 0.05) is 6.20 Å². The molecule has 0 bridgehead atoms. The number of H-pyrrole nitrogens is 2. The van der Waals surface area contributed by atoms with E-state index < -0.39 is 0 Å². The second kappa shape index (κ2) is 4.92. The zero-order valence-corrected chi connectivity index (χ0v) is 11.4. The fourth-order valence-corrected chi connectivity index (χ4v) is 2.36. The molecule has 0 unspecified atom stereocenters. The number of rotatable bonds is 3. The van der Waals surface area contributed by atoms with Gasteiger partial charge in [0.2, 0.25) is 0 Å². The smallest absolute Gasteiger partial charge is 0.271 e. The minimum atomic E-state index is -0.251. The van der Waals surface area contributed by atoms with Crippen LogP contribution in [0.15, 0.2) is 47.4 Å². The van der Waals surface area contributed by atoms with Gasteiger partial charge in [-0.25, -0.2) is 4.98 Å². The molecule has 0 saturated heterocycles. The van der Waals surface area contributed by atoms with E-state index in [9.17, 15) is 4.79 Å². The van der Waals surface area contributed by atoms with Crippen LogP contribution >= 0.6 is 0 Å². The van der Waals surface area contributed by atoms with Crippen molar-refractivity contribution in [3.8, 4) is 5.95 Å². The van der Waals surface area contributed by atoms with Gasteiger partial charge in [-0.3, -0.25) is 9.89 Å². The van der Waals surface area contributed by atoms with E-state index in [0.29, 0.717) is 11.0 Å². The highest BCUT2D eigenvalue weighted by Gasteiger charge is 2.12. The summed E-state index contributed by atoms with van der Waals surface area (Å²) >= 11 is 0. The van der Waals surface area contributed by atoms with Crippen LogP contribution < -0.4 is 5.56 Å². The third-order valence-corrected chi connectivity index (χ3v) is 3.38. The first-order valence-corrected chi connectivity index (χ1v) is 6.68. The zero-order chi connectivity index (χ0) is 14.9. The average Bonchev–Trinajstić information content (AvgIpc) is 3.17. The van der Waals surface area contributed by atoms with Crippen molar-refractivity contribution in [2.75, 3.05) is 0 Å². The Balaban J connectivity index is 1.78. The molecule has 0 fully saturated rings. The van der Waals surface area contributed by atoms with Crippen LogP contribution in [0.4, 0.5) is 0 Å². The number of aromatic nitrogens is 7. The molecule has 0 aliphatic carbocycles. The molecule has 8 nitrogen and oxygen atoms in total. The van der Waals surface area contributed by atoms with Gasteiger partial charge in [0.15, 0.2) is 5.65 Å². The molecular formula is C14H11N7O. The molecule has 3 aromatic heterocycles. The lowest BCUT2D eigenvalue weighted by Gasteiger charge is -2.00. The summed E-state index contributed by atoms with van der Waals surface area (Å²) in [5.74, 6) is 0.160. The van der Waals surface area contributed by atoms with Crippen molar-refractivity contribution in [3.05, 3.63) is 64.1 Å². The van der Waals surface area contributed by atoms with E-state index in [2.05, 4.69) is 30.7 Å². The number of hydrogen-bond donors (Lipinski definition) is 2. The Hall–Kier alpha value is -3.29. The van der Waals surface area contributed by atoms with Crippen LogP contribution in [-0.2, 0) is 6.42 Å². The number of hydrogen-bond acceptors (Lipinski definition) is 5. The maximum atomic E-state index is 12.4. The molecule has 3 heterocycles. The van der Waals surface area contributed by atoms with Crippen LogP contribution in [0.3, 0.4) is 0 Å². The van der Waals surface area contributed by atoms with E-state index in [4.69, 9.17) is 0 Å². The first-order valence-electron chi connectivity index (χ1n) is 6.68. The maximum absolute atomic E-state index is 12.4. The normalized spacial score (nSPS) is 11.1. The van der Waals surface area contributed by atoms with Crippen LogP contribution in [0.1, 0.15) is 11.1 Å². The van der Waals surface area contributed by atoms with E-state index in [1.54, 1.807) is 6.20 Å². The van der Waals surface area contributed by atoms with Crippen LogP contribution in [0, 0.1) is 0 Å². The highest BCUT2D eigenvalue weighted by atomic mass is 16.1. The molecule has 0 amide bonds. The van der Waals surface area contributed by atoms with Gasteiger partial charge >= 0.3 is 0 Å². The SMILES string of the molecule is O=c1c2cc(Cc3ccccc3)cnc2[nH]n1-c1nn[nH]n1. The minimum Gasteiger partial charge on any atom is -0.271 e. The first-order chi connectivity index (χ1) is 10.8. The van der Waals surface area contributed by atoms with Gasteiger partial charge in [0.25, 0.3) is 11.5 Å². The topological polar surface area (TPSA) is 105 Å². The third-order valence-electron chi connectivity index (χ3n) is 3.38. The van der Waals surface area contributed by atoms with Crippen molar-refractivity contribution in [2.24, 2.45) is 0 Å². The number of tetrazole rings is 1. The van der Waals surface area contributed by atoms with Crippen molar-refractivity contribution >= 4 is 11.0 Å². The molecule has 8 heteroatoms. The molecule has 0 saturated carbocycles. The predicted molar refractivity (Wildman–Crippen MR) is 78.7 cm³/mol. The van der Waals surface area contributed by atoms with E-state index in [-0.39, 0.29) is 11.5 Å². The number of benzene rings is 1. The van der Waals surface area contributed by atoms with E-state index in [0.717, 1.165) is 17.5 Å². The largest absolute Gasteiger partial charge is 0.291 e. The monoisotopic (exact) mass is 293 g/mol. The second-order valence-electron chi connectivity index (χ2n) is 4.87. The van der Waals surface area contributed by atoms with Crippen molar-refractivity contribution in [2.45, 2.75) is 6.42 Å². The molecule has 4 aromatic rings. The fraction of sp³-hybridized carbons (Fsp3) is 0.0714. The Morgan fingerprint density at radius 3 is 2.77 bits per heavy atom. The molecule has 0 aliphatic rings. The van der Waals surface area contributed by atoms with Crippen LogP contribution in [-0.4, -0.2) is 35.4 Å². The Morgan fingerprint density at radius 2 is 2.00 bits per heavy atom. The molecule has 2 N–H and O–H groups in total. The highest BCUT2D eigenvalue weighted by Crippen LogP contribution is 2.13. The number of pyridine rings is 1. The van der Waals surface area contributed by atoms with Crippen molar-refractivity contribution in [1.29, 1.82) is 0 Å². The summed E-state index contributed by atoms with van der Waals surface area (Å²) in [6.45, 7) is 0. The van der Waals surface area contributed by atoms with E-state index >= 15 is 0 Å². The minimum absolute atomic E-state index is 0.160. The molecule has 0 spiro atoms. The quantitative estimate of drug-likeness (QED) is 0.581. The number of nitrogens with one attached hydrogen (secondary N) is 2. The first kappa shape index (κ1) is 12.5. The molecule has 1 aromatic carbocycles. The molecule has 22 heavy (non-hydrogen) atoms. The van der Waals surface area contributed by atoms with E-state index in [1.807, 2.05) is 36.4 Å². The van der Waals surface area contributed by atoms with Crippen LogP contribution in [0.25, 0.3) is 17.0 Å². The molecule has 0 radical (unpaired) electrons.